The van der Waals surface area contributed by atoms with E-state index in [9.17, 15) is 0 Å². The van der Waals surface area contributed by atoms with Crippen LogP contribution >= 0.6 is 0 Å². The van der Waals surface area contributed by atoms with Crippen LogP contribution in [0.25, 0.3) is 0 Å². The van der Waals surface area contributed by atoms with Crippen LogP contribution in [0.3, 0.4) is 0 Å². The summed E-state index contributed by atoms with van der Waals surface area (Å²) in [6.45, 7) is 3.18. The van der Waals surface area contributed by atoms with Gasteiger partial charge in [-0.15, -0.1) is 0 Å². The van der Waals surface area contributed by atoms with Crippen molar-refractivity contribution in [2.75, 3.05) is 47.4 Å². The van der Waals surface area contributed by atoms with E-state index >= 15 is 0 Å². The maximum Gasteiger partial charge on any atom is 0.209 e. The van der Waals surface area contributed by atoms with Crippen LogP contribution in [0.5, 0.6) is 0 Å². The Balaban J connectivity index is 1.38. The highest BCUT2D eigenvalue weighted by molar-refractivity contribution is 6.04. The van der Waals surface area contributed by atoms with Crippen LogP contribution in [0.15, 0.2) is 70.6 Å². The van der Waals surface area contributed by atoms with Gasteiger partial charge in [-0.1, -0.05) is 24.3 Å². The zero-order chi connectivity index (χ0) is 22.8. The number of rotatable bonds is 4. The summed E-state index contributed by atoms with van der Waals surface area (Å²) < 4.78 is 2.24. The topological polar surface area (TPSA) is 102 Å². The first kappa shape index (κ1) is 19.3. The summed E-state index contributed by atoms with van der Waals surface area (Å²) in [5, 5.41) is 22.0. The molecular formula is C25H27N9. The summed E-state index contributed by atoms with van der Waals surface area (Å²) >= 11 is 0. The molecule has 0 amide bonds. The van der Waals surface area contributed by atoms with E-state index < -0.39 is 11.3 Å². The van der Waals surface area contributed by atoms with Crippen LogP contribution in [0.2, 0.25) is 0 Å². The Morgan fingerprint density at radius 1 is 0.618 bits per heavy atom. The lowest BCUT2D eigenvalue weighted by molar-refractivity contribution is 0.617. The standard InChI is InChI=1S/C25H27N9/c1-34-20(24(22-26-12-13-27-22)30-16-6-2-3-7-17(16)31-24)10-11-21(34)25(23-28-14-15-29-23)32-18-8-4-5-9-19(18)33-25/h2-11,30-33H,12-15H2,1H3,(H,26,27)(H,28,29). The van der Waals surface area contributed by atoms with Gasteiger partial charge < -0.3 is 36.5 Å². The first-order chi connectivity index (χ1) is 16.7. The van der Waals surface area contributed by atoms with E-state index in [1.165, 1.54) is 0 Å². The summed E-state index contributed by atoms with van der Waals surface area (Å²) in [4.78, 5) is 9.65. The van der Waals surface area contributed by atoms with Crippen LogP contribution in [0, 0.1) is 0 Å². The number of nitrogens with one attached hydrogen (secondary N) is 6. The van der Waals surface area contributed by atoms with E-state index in [0.29, 0.717) is 0 Å². The second-order valence-corrected chi connectivity index (χ2v) is 9.07. The van der Waals surface area contributed by atoms with Crippen molar-refractivity contribution in [2.45, 2.75) is 11.3 Å². The maximum absolute atomic E-state index is 4.82. The van der Waals surface area contributed by atoms with Crippen LogP contribution in [-0.4, -0.2) is 42.4 Å². The molecule has 4 aliphatic rings. The zero-order valence-electron chi connectivity index (χ0n) is 18.9. The molecule has 0 spiro atoms. The average Bonchev–Trinajstić information content (AvgIpc) is 3.67. The number of para-hydroxylation sites is 4. The molecule has 9 heteroatoms. The third-order valence-corrected chi connectivity index (χ3v) is 7.09. The van der Waals surface area contributed by atoms with Gasteiger partial charge in [-0.2, -0.15) is 0 Å². The largest absolute Gasteiger partial charge is 0.368 e. The second kappa shape index (κ2) is 6.93. The number of anilines is 4. The number of hydrogen-bond acceptors (Lipinski definition) is 8. The van der Waals surface area contributed by atoms with Crippen LogP contribution in [-0.2, 0) is 18.4 Å². The van der Waals surface area contributed by atoms with Crippen LogP contribution < -0.4 is 31.9 Å². The van der Waals surface area contributed by atoms with Gasteiger partial charge in [0.15, 0.2) is 11.7 Å². The molecule has 34 heavy (non-hydrogen) atoms. The summed E-state index contributed by atoms with van der Waals surface area (Å²) in [6.07, 6.45) is 0. The highest BCUT2D eigenvalue weighted by atomic mass is 15.4. The van der Waals surface area contributed by atoms with Crippen molar-refractivity contribution < 1.29 is 0 Å². The van der Waals surface area contributed by atoms with Crippen LogP contribution in [0.1, 0.15) is 11.4 Å². The van der Waals surface area contributed by atoms with Gasteiger partial charge in [0.25, 0.3) is 0 Å². The number of fused-ring (bicyclic) bond motifs is 2. The predicted molar refractivity (Wildman–Crippen MR) is 137 cm³/mol. The van der Waals surface area contributed by atoms with Crippen molar-refractivity contribution in [1.82, 2.24) is 15.2 Å². The Hall–Kier alpha value is -4.14. The lowest BCUT2D eigenvalue weighted by atomic mass is 10.1. The number of benzene rings is 2. The van der Waals surface area contributed by atoms with Crippen molar-refractivity contribution in [3.05, 3.63) is 72.1 Å². The summed E-state index contributed by atoms with van der Waals surface area (Å²) in [5.74, 6) is 1.80. The van der Waals surface area contributed by atoms with Crippen molar-refractivity contribution in [3.63, 3.8) is 0 Å². The molecule has 2 aromatic carbocycles. The highest BCUT2D eigenvalue weighted by Crippen LogP contribution is 2.44. The van der Waals surface area contributed by atoms with Gasteiger partial charge in [0, 0.05) is 20.1 Å². The van der Waals surface area contributed by atoms with Crippen LogP contribution in [0.4, 0.5) is 22.7 Å². The van der Waals surface area contributed by atoms with Gasteiger partial charge in [-0.3, -0.25) is 9.98 Å². The minimum atomic E-state index is -0.690. The third kappa shape index (κ3) is 2.55. The molecule has 0 bridgehead atoms. The second-order valence-electron chi connectivity index (χ2n) is 9.07. The quantitative estimate of drug-likeness (QED) is 0.363. The van der Waals surface area contributed by atoms with Crippen molar-refractivity contribution in [2.24, 2.45) is 17.0 Å². The molecule has 6 N–H and O–H groups in total. The van der Waals surface area contributed by atoms with Gasteiger partial charge in [0.1, 0.15) is 0 Å². The minimum Gasteiger partial charge on any atom is -0.368 e. The Morgan fingerprint density at radius 3 is 1.32 bits per heavy atom. The van der Waals surface area contributed by atoms with Crippen molar-refractivity contribution in [3.8, 4) is 0 Å². The molecule has 5 heterocycles. The predicted octanol–water partition coefficient (Wildman–Crippen LogP) is 2.41. The molecule has 4 aliphatic heterocycles. The fourth-order valence-electron chi connectivity index (χ4n) is 5.57. The molecular weight excluding hydrogens is 426 g/mol. The first-order valence-corrected chi connectivity index (χ1v) is 11.7. The van der Waals surface area contributed by atoms with E-state index in [1.54, 1.807) is 0 Å². The Bertz CT molecular complexity index is 1200. The Morgan fingerprint density at radius 2 is 1.00 bits per heavy atom. The van der Waals surface area contributed by atoms with Gasteiger partial charge in [0.05, 0.1) is 47.2 Å². The van der Waals surface area contributed by atoms with Crippen molar-refractivity contribution >= 4 is 34.4 Å². The molecule has 0 unspecified atom stereocenters. The molecule has 1 aromatic heterocycles. The van der Waals surface area contributed by atoms with Gasteiger partial charge in [0.2, 0.25) is 11.3 Å². The maximum atomic E-state index is 4.82. The highest BCUT2D eigenvalue weighted by Gasteiger charge is 2.50. The molecule has 0 radical (unpaired) electrons. The molecule has 9 nitrogen and oxygen atoms in total. The number of aliphatic imine (C=N–C) groups is 2. The number of hydrogen-bond donors (Lipinski definition) is 6. The van der Waals surface area contributed by atoms with E-state index in [4.69, 9.17) is 9.98 Å². The molecule has 0 fully saturated rings. The zero-order valence-corrected chi connectivity index (χ0v) is 18.9. The SMILES string of the molecule is Cn1c(C2(C3=NCCN3)Nc3ccccc3N2)ccc1C1(C2=NCCN2)Nc2ccccc2N1. The van der Waals surface area contributed by atoms with Gasteiger partial charge in [-0.05, 0) is 36.4 Å². The smallest absolute Gasteiger partial charge is 0.209 e. The fourth-order valence-corrected chi connectivity index (χ4v) is 5.57. The molecule has 0 saturated carbocycles. The van der Waals surface area contributed by atoms with E-state index in [-0.39, 0.29) is 0 Å². The lowest BCUT2D eigenvalue weighted by Gasteiger charge is -2.35. The first-order valence-electron chi connectivity index (χ1n) is 11.7. The normalized spacial score (nSPS) is 20.5. The monoisotopic (exact) mass is 453 g/mol. The van der Waals surface area contributed by atoms with Crippen molar-refractivity contribution in [1.29, 1.82) is 0 Å². The van der Waals surface area contributed by atoms with Gasteiger partial charge >= 0.3 is 0 Å². The summed E-state index contributed by atoms with van der Waals surface area (Å²) in [5.41, 5.74) is 4.97. The molecule has 0 aliphatic carbocycles. The minimum absolute atomic E-state index is 0.690. The number of aromatic nitrogens is 1. The molecule has 7 rings (SSSR count). The third-order valence-electron chi connectivity index (χ3n) is 7.09. The average molecular weight is 454 g/mol. The number of amidine groups is 2. The molecule has 0 atom stereocenters. The molecule has 3 aromatic rings. The molecule has 172 valence electrons. The Labute approximate surface area is 197 Å². The fraction of sp³-hybridized carbons (Fsp3) is 0.280. The van der Waals surface area contributed by atoms with E-state index in [1.807, 2.05) is 24.3 Å². The lowest BCUT2D eigenvalue weighted by Crippen LogP contribution is -2.54. The van der Waals surface area contributed by atoms with E-state index in [0.717, 1.165) is 72.0 Å². The van der Waals surface area contributed by atoms with E-state index in [2.05, 4.69) is 79.9 Å². The molecule has 0 saturated heterocycles. The summed E-state index contributed by atoms with van der Waals surface area (Å²) in [6, 6.07) is 20.9. The van der Waals surface area contributed by atoms with Gasteiger partial charge in [-0.25, -0.2) is 0 Å². The Kier molecular flexibility index (Phi) is 3.94. The number of nitrogens with zero attached hydrogens (tertiary/aromatic N) is 3. The summed E-state index contributed by atoms with van der Waals surface area (Å²) in [7, 11) is 2.11.